The summed E-state index contributed by atoms with van der Waals surface area (Å²) in [5, 5.41) is 0. The van der Waals surface area contributed by atoms with E-state index < -0.39 is 0 Å². The third kappa shape index (κ3) is 3.15. The molecule has 0 radical (unpaired) electrons. The molecule has 0 amide bonds. The molecule has 0 bridgehead atoms. The van der Waals surface area contributed by atoms with Gasteiger partial charge in [0.1, 0.15) is 0 Å². The average Bonchev–Trinajstić information content (AvgIpc) is 2.65. The molecule has 114 valence electrons. The number of aryl methyl sites for hydroxylation is 3. The fraction of sp³-hybridized carbons (Fsp3) is 0.333. The van der Waals surface area contributed by atoms with E-state index in [4.69, 9.17) is 0 Å². The first kappa shape index (κ1) is 15.1. The minimum atomic E-state index is 0.383. The molecule has 1 heteroatoms. The van der Waals surface area contributed by atoms with E-state index in [1.54, 1.807) is 0 Å². The summed E-state index contributed by atoms with van der Waals surface area (Å²) in [6.45, 7) is 3.18. The van der Waals surface area contributed by atoms with Gasteiger partial charge < -0.3 is 4.90 Å². The Morgan fingerprint density at radius 1 is 1.00 bits per heavy atom. The maximum atomic E-state index is 2.39. The molecule has 1 aliphatic carbocycles. The zero-order valence-corrected chi connectivity index (χ0v) is 13.8. The van der Waals surface area contributed by atoms with Crippen molar-refractivity contribution in [3.63, 3.8) is 0 Å². The molecule has 0 aromatic heterocycles. The second-order valence-electron chi connectivity index (χ2n) is 6.57. The highest BCUT2D eigenvalue weighted by atomic mass is 15.0. The first-order valence-corrected chi connectivity index (χ1v) is 8.14. The van der Waals surface area contributed by atoms with Crippen LogP contribution in [0.15, 0.2) is 54.6 Å². The first-order chi connectivity index (χ1) is 10.6. The lowest BCUT2D eigenvalue weighted by Crippen LogP contribution is -2.11. The second kappa shape index (κ2) is 6.50. The van der Waals surface area contributed by atoms with E-state index in [1.165, 1.54) is 27.8 Å². The number of allylic oxidation sites excluding steroid dienone is 1. The van der Waals surface area contributed by atoms with Gasteiger partial charge in [-0.05, 0) is 56.1 Å². The van der Waals surface area contributed by atoms with Crippen molar-refractivity contribution in [3.05, 3.63) is 82.4 Å². The number of fused-ring (bicyclic) bond motifs is 2. The highest BCUT2D eigenvalue weighted by Crippen LogP contribution is 2.35. The first-order valence-electron chi connectivity index (χ1n) is 8.14. The largest absolute Gasteiger partial charge is 0.306 e. The van der Waals surface area contributed by atoms with Crippen LogP contribution in [0.2, 0.25) is 0 Å². The number of benzene rings is 2. The van der Waals surface area contributed by atoms with Crippen LogP contribution in [0.1, 0.15) is 33.7 Å². The Morgan fingerprint density at radius 3 is 2.50 bits per heavy atom. The molecular formula is C21H25N. The second-order valence-corrected chi connectivity index (χ2v) is 6.57. The summed E-state index contributed by atoms with van der Waals surface area (Å²) in [7, 11) is 4.23. The van der Waals surface area contributed by atoms with Crippen LogP contribution >= 0.6 is 0 Å². The van der Waals surface area contributed by atoms with E-state index in [2.05, 4.69) is 80.5 Å². The molecule has 0 N–H and O–H groups in total. The summed E-state index contributed by atoms with van der Waals surface area (Å²) in [5.74, 6) is 0.383. The third-order valence-corrected chi connectivity index (χ3v) is 4.49. The minimum absolute atomic E-state index is 0.383. The summed E-state index contributed by atoms with van der Waals surface area (Å²) in [5.41, 5.74) is 7.31. The Morgan fingerprint density at radius 2 is 1.73 bits per heavy atom. The van der Waals surface area contributed by atoms with Gasteiger partial charge in [-0.25, -0.2) is 0 Å². The van der Waals surface area contributed by atoms with Gasteiger partial charge in [-0.3, -0.25) is 0 Å². The van der Waals surface area contributed by atoms with Gasteiger partial charge in [0, 0.05) is 12.5 Å². The van der Waals surface area contributed by atoms with Crippen LogP contribution < -0.4 is 0 Å². The van der Waals surface area contributed by atoms with Gasteiger partial charge in [0.2, 0.25) is 0 Å². The number of hydrogen-bond donors (Lipinski definition) is 0. The molecular weight excluding hydrogens is 266 g/mol. The van der Waals surface area contributed by atoms with Gasteiger partial charge in [-0.15, -0.1) is 0 Å². The Labute approximate surface area is 134 Å². The molecule has 3 rings (SSSR count). The van der Waals surface area contributed by atoms with E-state index in [0.717, 1.165) is 19.4 Å². The molecule has 2 aromatic carbocycles. The predicted molar refractivity (Wildman–Crippen MR) is 94.6 cm³/mol. The van der Waals surface area contributed by atoms with Crippen molar-refractivity contribution < 1.29 is 0 Å². The molecule has 2 aromatic rings. The van der Waals surface area contributed by atoms with Gasteiger partial charge in [-0.1, -0.05) is 60.2 Å². The maximum absolute atomic E-state index is 2.39. The average molecular weight is 291 g/mol. The van der Waals surface area contributed by atoms with Crippen molar-refractivity contribution in [2.75, 3.05) is 20.6 Å². The molecule has 0 fully saturated rings. The fourth-order valence-electron chi connectivity index (χ4n) is 3.35. The van der Waals surface area contributed by atoms with Crippen LogP contribution in [-0.2, 0) is 12.8 Å². The lowest BCUT2D eigenvalue weighted by molar-refractivity contribution is 0.456. The molecule has 1 aliphatic rings. The van der Waals surface area contributed by atoms with Crippen LogP contribution in [0.25, 0.3) is 0 Å². The number of hydrogen-bond acceptors (Lipinski definition) is 1. The SMILES string of the molecule is Cc1ccc2c(c1)C(/C=C\CN(C)C)c1ccccc1CC2. The van der Waals surface area contributed by atoms with E-state index >= 15 is 0 Å². The highest BCUT2D eigenvalue weighted by molar-refractivity contribution is 5.48. The Hall–Kier alpha value is -1.86. The summed E-state index contributed by atoms with van der Waals surface area (Å²) >= 11 is 0. The van der Waals surface area contributed by atoms with Crippen LogP contribution in [0.3, 0.4) is 0 Å². The standard InChI is InChI=1S/C21H25N/c1-16-10-11-18-13-12-17-7-4-5-8-19(17)20(21(18)15-16)9-6-14-22(2)3/h4-11,15,20H,12-14H2,1-3H3/b9-6-. The minimum Gasteiger partial charge on any atom is -0.306 e. The van der Waals surface area contributed by atoms with Crippen LogP contribution in [0, 0.1) is 6.92 Å². The van der Waals surface area contributed by atoms with Crippen LogP contribution in [0.5, 0.6) is 0 Å². The normalized spacial score (nSPS) is 17.4. The van der Waals surface area contributed by atoms with Crippen molar-refractivity contribution in [1.82, 2.24) is 4.90 Å². The summed E-state index contributed by atoms with van der Waals surface area (Å²) in [6.07, 6.45) is 6.98. The highest BCUT2D eigenvalue weighted by Gasteiger charge is 2.21. The lowest BCUT2D eigenvalue weighted by Gasteiger charge is -2.18. The molecule has 1 unspecified atom stereocenters. The van der Waals surface area contributed by atoms with Crippen LogP contribution in [0.4, 0.5) is 0 Å². The van der Waals surface area contributed by atoms with Crippen molar-refractivity contribution in [2.24, 2.45) is 0 Å². The Kier molecular flexibility index (Phi) is 4.44. The topological polar surface area (TPSA) is 3.24 Å². The smallest absolute Gasteiger partial charge is 0.0275 e. The number of nitrogens with zero attached hydrogens (tertiary/aromatic N) is 1. The fourth-order valence-corrected chi connectivity index (χ4v) is 3.35. The molecule has 0 saturated heterocycles. The van der Waals surface area contributed by atoms with Crippen molar-refractivity contribution in [1.29, 1.82) is 0 Å². The van der Waals surface area contributed by atoms with Crippen molar-refractivity contribution >= 4 is 0 Å². The summed E-state index contributed by atoms with van der Waals surface area (Å²) < 4.78 is 0. The van der Waals surface area contributed by atoms with E-state index in [-0.39, 0.29) is 0 Å². The predicted octanol–water partition coefficient (Wildman–Crippen LogP) is 4.34. The zero-order valence-electron chi connectivity index (χ0n) is 13.8. The van der Waals surface area contributed by atoms with Gasteiger partial charge in [0.15, 0.2) is 0 Å². The molecule has 0 aliphatic heterocycles. The van der Waals surface area contributed by atoms with Gasteiger partial charge in [0.05, 0.1) is 0 Å². The maximum Gasteiger partial charge on any atom is 0.0275 e. The van der Waals surface area contributed by atoms with E-state index in [9.17, 15) is 0 Å². The Bertz CT molecular complexity index is 682. The number of likely N-dealkylation sites (N-methyl/N-ethyl adjacent to an activating group) is 1. The van der Waals surface area contributed by atoms with Gasteiger partial charge in [-0.2, -0.15) is 0 Å². The number of rotatable bonds is 3. The molecule has 22 heavy (non-hydrogen) atoms. The lowest BCUT2D eigenvalue weighted by atomic mass is 9.87. The quantitative estimate of drug-likeness (QED) is 0.760. The monoisotopic (exact) mass is 291 g/mol. The summed E-state index contributed by atoms with van der Waals surface area (Å²) in [4.78, 5) is 2.20. The zero-order chi connectivity index (χ0) is 15.5. The molecule has 0 saturated carbocycles. The van der Waals surface area contributed by atoms with Gasteiger partial charge in [0.25, 0.3) is 0 Å². The van der Waals surface area contributed by atoms with Crippen molar-refractivity contribution in [3.8, 4) is 0 Å². The van der Waals surface area contributed by atoms with Crippen molar-refractivity contribution in [2.45, 2.75) is 25.7 Å². The van der Waals surface area contributed by atoms with Crippen LogP contribution in [-0.4, -0.2) is 25.5 Å². The van der Waals surface area contributed by atoms with E-state index in [0.29, 0.717) is 5.92 Å². The molecule has 1 nitrogen and oxygen atoms in total. The van der Waals surface area contributed by atoms with E-state index in [1.807, 2.05) is 0 Å². The summed E-state index contributed by atoms with van der Waals surface area (Å²) in [6, 6.07) is 15.9. The Balaban J connectivity index is 2.08. The van der Waals surface area contributed by atoms with Gasteiger partial charge >= 0.3 is 0 Å². The molecule has 0 heterocycles. The molecule has 0 spiro atoms. The molecule has 1 atom stereocenters. The third-order valence-electron chi connectivity index (χ3n) is 4.49.